The van der Waals surface area contributed by atoms with E-state index in [-0.39, 0.29) is 6.04 Å². The van der Waals surface area contributed by atoms with Crippen LogP contribution in [0.2, 0.25) is 0 Å². The molecule has 6 heteroatoms. The highest BCUT2D eigenvalue weighted by Gasteiger charge is 2.13. The second-order valence-electron chi connectivity index (χ2n) is 3.25. The first kappa shape index (κ1) is 11.1. The Balaban J connectivity index is 2.70. The maximum absolute atomic E-state index is 9.20. The molecule has 1 heterocycles. The molecule has 0 fully saturated rings. The lowest BCUT2D eigenvalue weighted by atomic mass is 10.2. The first-order chi connectivity index (χ1) is 6.65. The minimum absolute atomic E-state index is 0.256. The second-order valence-corrected chi connectivity index (χ2v) is 3.25. The molecule has 0 saturated carbocycles. The van der Waals surface area contributed by atoms with Gasteiger partial charge in [-0.05, 0) is 6.92 Å². The topological polar surface area (TPSA) is 86.2 Å². The molecule has 6 nitrogen and oxygen atoms in total. The summed E-state index contributed by atoms with van der Waals surface area (Å²) in [4.78, 5) is 0. The van der Waals surface area contributed by atoms with Crippen molar-refractivity contribution in [1.82, 2.24) is 15.0 Å². The number of hydrogen-bond donors (Lipinski definition) is 2. The molecule has 80 valence electrons. The number of nitrogens with two attached hydrogens (primary N) is 1. The Hall–Kier alpha value is -0.980. The summed E-state index contributed by atoms with van der Waals surface area (Å²) in [5, 5.41) is 16.8. The number of aliphatic hydroxyl groups excluding tert-OH is 1. The fourth-order valence-corrected chi connectivity index (χ4v) is 1.21. The van der Waals surface area contributed by atoms with Crippen LogP contribution >= 0.6 is 0 Å². The molecule has 0 amide bonds. The van der Waals surface area contributed by atoms with E-state index in [0.717, 1.165) is 5.69 Å². The predicted octanol–water partition coefficient (Wildman–Crippen LogP) is -0.695. The van der Waals surface area contributed by atoms with E-state index < -0.39 is 6.10 Å². The Bertz CT molecular complexity index is 274. The molecular formula is C8H16N4O2. The van der Waals surface area contributed by atoms with Crippen molar-refractivity contribution in [3.05, 3.63) is 11.9 Å². The van der Waals surface area contributed by atoms with E-state index in [2.05, 4.69) is 10.3 Å². The van der Waals surface area contributed by atoms with E-state index in [4.69, 9.17) is 10.5 Å². The van der Waals surface area contributed by atoms with Crippen LogP contribution in [0.3, 0.4) is 0 Å². The molecule has 0 bridgehead atoms. The summed E-state index contributed by atoms with van der Waals surface area (Å²) in [6.45, 7) is 2.49. The zero-order valence-corrected chi connectivity index (χ0v) is 8.42. The Morgan fingerprint density at radius 1 is 1.71 bits per heavy atom. The number of ether oxygens (including phenoxy) is 1. The van der Waals surface area contributed by atoms with E-state index in [9.17, 15) is 5.11 Å². The number of methoxy groups -OCH3 is 1. The van der Waals surface area contributed by atoms with E-state index in [1.54, 1.807) is 24.9 Å². The Labute approximate surface area is 82.7 Å². The molecule has 1 rings (SSSR count). The van der Waals surface area contributed by atoms with Crippen molar-refractivity contribution >= 4 is 0 Å². The van der Waals surface area contributed by atoms with Crippen LogP contribution < -0.4 is 5.73 Å². The standard InChI is InChI=1S/C8H16N4O2/c1-6(13)4-12-8(3-10-11-12)7(9)5-14-2/h3,6-7,13H,4-5,9H2,1-2H3/t6?,7-/m0/s1. The van der Waals surface area contributed by atoms with Gasteiger partial charge in [-0.1, -0.05) is 5.21 Å². The summed E-state index contributed by atoms with van der Waals surface area (Å²) in [6.07, 6.45) is 1.12. The minimum Gasteiger partial charge on any atom is -0.391 e. The first-order valence-corrected chi connectivity index (χ1v) is 4.46. The quantitative estimate of drug-likeness (QED) is 0.656. The Morgan fingerprint density at radius 3 is 3.00 bits per heavy atom. The number of nitrogens with zero attached hydrogens (tertiary/aromatic N) is 3. The van der Waals surface area contributed by atoms with Gasteiger partial charge in [-0.3, -0.25) is 0 Å². The summed E-state index contributed by atoms with van der Waals surface area (Å²) in [5.74, 6) is 0. The van der Waals surface area contributed by atoms with Crippen LogP contribution in [0.1, 0.15) is 18.7 Å². The maximum Gasteiger partial charge on any atom is 0.0779 e. The third-order valence-electron chi connectivity index (χ3n) is 1.81. The first-order valence-electron chi connectivity index (χ1n) is 4.46. The maximum atomic E-state index is 9.20. The third kappa shape index (κ3) is 2.76. The number of rotatable bonds is 5. The molecule has 1 aromatic rings. The number of aromatic nitrogens is 3. The fraction of sp³-hybridized carbons (Fsp3) is 0.750. The Morgan fingerprint density at radius 2 is 2.43 bits per heavy atom. The van der Waals surface area contributed by atoms with Gasteiger partial charge >= 0.3 is 0 Å². The van der Waals surface area contributed by atoms with E-state index >= 15 is 0 Å². The normalized spacial score (nSPS) is 15.4. The molecule has 0 spiro atoms. The molecule has 0 aliphatic carbocycles. The summed E-state index contributed by atoms with van der Waals surface area (Å²) >= 11 is 0. The van der Waals surface area contributed by atoms with Gasteiger partial charge in [0.25, 0.3) is 0 Å². The van der Waals surface area contributed by atoms with Crippen LogP contribution in [-0.4, -0.2) is 39.9 Å². The lowest BCUT2D eigenvalue weighted by molar-refractivity contribution is 0.157. The van der Waals surface area contributed by atoms with Gasteiger partial charge in [-0.15, -0.1) is 5.10 Å². The zero-order chi connectivity index (χ0) is 10.6. The van der Waals surface area contributed by atoms with E-state index in [1.807, 2.05) is 0 Å². The highest BCUT2D eigenvalue weighted by Crippen LogP contribution is 2.08. The fourth-order valence-electron chi connectivity index (χ4n) is 1.21. The van der Waals surface area contributed by atoms with Crippen molar-refractivity contribution < 1.29 is 9.84 Å². The molecule has 2 atom stereocenters. The van der Waals surface area contributed by atoms with E-state index in [1.165, 1.54) is 0 Å². The average Bonchev–Trinajstić information content (AvgIpc) is 2.51. The smallest absolute Gasteiger partial charge is 0.0779 e. The van der Waals surface area contributed by atoms with Crippen molar-refractivity contribution in [2.24, 2.45) is 5.73 Å². The lowest BCUT2D eigenvalue weighted by Crippen LogP contribution is -2.23. The van der Waals surface area contributed by atoms with Crippen LogP contribution in [0.4, 0.5) is 0 Å². The van der Waals surface area contributed by atoms with Gasteiger partial charge in [0.2, 0.25) is 0 Å². The highest BCUT2D eigenvalue weighted by molar-refractivity contribution is 5.01. The van der Waals surface area contributed by atoms with Crippen LogP contribution in [0, 0.1) is 0 Å². The molecule has 0 aromatic carbocycles. The average molecular weight is 200 g/mol. The lowest BCUT2D eigenvalue weighted by Gasteiger charge is -2.13. The molecule has 0 saturated heterocycles. The zero-order valence-electron chi connectivity index (χ0n) is 8.42. The molecule has 0 radical (unpaired) electrons. The highest BCUT2D eigenvalue weighted by atomic mass is 16.5. The molecule has 1 unspecified atom stereocenters. The predicted molar refractivity (Wildman–Crippen MR) is 50.5 cm³/mol. The molecule has 0 aliphatic heterocycles. The second kappa shape index (κ2) is 5.04. The SMILES string of the molecule is COC[C@H](N)c1cnnn1CC(C)O. The summed E-state index contributed by atoms with van der Waals surface area (Å²) in [5.41, 5.74) is 6.59. The van der Waals surface area contributed by atoms with Gasteiger partial charge in [0.15, 0.2) is 0 Å². The third-order valence-corrected chi connectivity index (χ3v) is 1.81. The van der Waals surface area contributed by atoms with Crippen LogP contribution in [-0.2, 0) is 11.3 Å². The van der Waals surface area contributed by atoms with Gasteiger partial charge in [0, 0.05) is 7.11 Å². The largest absolute Gasteiger partial charge is 0.391 e. The summed E-state index contributed by atoms with van der Waals surface area (Å²) in [7, 11) is 1.59. The Kier molecular flexibility index (Phi) is 3.99. The van der Waals surface area contributed by atoms with Gasteiger partial charge < -0.3 is 15.6 Å². The monoisotopic (exact) mass is 200 g/mol. The van der Waals surface area contributed by atoms with Gasteiger partial charge in [-0.2, -0.15) is 0 Å². The molecule has 3 N–H and O–H groups in total. The van der Waals surface area contributed by atoms with Crippen molar-refractivity contribution in [1.29, 1.82) is 0 Å². The van der Waals surface area contributed by atoms with Crippen molar-refractivity contribution in [2.45, 2.75) is 25.6 Å². The molecular weight excluding hydrogens is 184 g/mol. The van der Waals surface area contributed by atoms with Crippen LogP contribution in [0.25, 0.3) is 0 Å². The molecule has 1 aromatic heterocycles. The minimum atomic E-state index is -0.467. The molecule has 14 heavy (non-hydrogen) atoms. The van der Waals surface area contributed by atoms with Crippen molar-refractivity contribution in [3.8, 4) is 0 Å². The summed E-state index contributed by atoms with van der Waals surface area (Å²) in [6, 6.07) is -0.256. The van der Waals surface area contributed by atoms with Gasteiger partial charge in [0.1, 0.15) is 0 Å². The van der Waals surface area contributed by atoms with Crippen molar-refractivity contribution in [2.75, 3.05) is 13.7 Å². The van der Waals surface area contributed by atoms with Crippen LogP contribution in [0.15, 0.2) is 6.20 Å². The van der Waals surface area contributed by atoms with Crippen LogP contribution in [0.5, 0.6) is 0 Å². The number of aliphatic hydroxyl groups is 1. The van der Waals surface area contributed by atoms with Gasteiger partial charge in [0.05, 0.1) is 37.2 Å². The number of hydrogen-bond acceptors (Lipinski definition) is 5. The molecule has 0 aliphatic rings. The van der Waals surface area contributed by atoms with Gasteiger partial charge in [-0.25, -0.2) is 4.68 Å². The van der Waals surface area contributed by atoms with E-state index in [0.29, 0.717) is 13.2 Å². The summed E-state index contributed by atoms with van der Waals surface area (Å²) < 4.78 is 6.52. The van der Waals surface area contributed by atoms with Crippen molar-refractivity contribution in [3.63, 3.8) is 0 Å².